The molecule has 2 nitrogen and oxygen atoms in total. The highest BCUT2D eigenvalue weighted by Crippen LogP contribution is 1.97. The molecule has 0 saturated heterocycles. The first-order valence-electron chi connectivity index (χ1n) is 5.18. The Labute approximate surface area is 95.0 Å². The SMILES string of the molecule is C=Cc1ccccc1.CCO[SiH2]OCC. The van der Waals surface area contributed by atoms with Crippen molar-refractivity contribution in [1.82, 2.24) is 0 Å². The second kappa shape index (κ2) is 11.2. The lowest BCUT2D eigenvalue weighted by Crippen LogP contribution is -2.02. The van der Waals surface area contributed by atoms with Crippen molar-refractivity contribution in [2.75, 3.05) is 13.2 Å². The highest BCUT2D eigenvalue weighted by atomic mass is 28.3. The second-order valence-electron chi connectivity index (χ2n) is 2.72. The van der Waals surface area contributed by atoms with Crippen molar-refractivity contribution in [2.24, 2.45) is 0 Å². The van der Waals surface area contributed by atoms with E-state index < -0.39 is 10.0 Å². The van der Waals surface area contributed by atoms with Crippen LogP contribution in [0.25, 0.3) is 6.08 Å². The van der Waals surface area contributed by atoms with E-state index in [0.29, 0.717) is 0 Å². The maximum atomic E-state index is 4.99. The third-order valence-electron chi connectivity index (χ3n) is 1.61. The van der Waals surface area contributed by atoms with Crippen LogP contribution in [0.15, 0.2) is 36.9 Å². The van der Waals surface area contributed by atoms with Gasteiger partial charge in [-0.05, 0) is 19.4 Å². The van der Waals surface area contributed by atoms with E-state index in [-0.39, 0.29) is 0 Å². The smallest absolute Gasteiger partial charge is 0.304 e. The van der Waals surface area contributed by atoms with E-state index in [1.165, 1.54) is 5.56 Å². The van der Waals surface area contributed by atoms with E-state index in [9.17, 15) is 0 Å². The number of hydrogen-bond donors (Lipinski definition) is 0. The molecule has 0 bridgehead atoms. The lowest BCUT2D eigenvalue weighted by Gasteiger charge is -1.96. The summed E-state index contributed by atoms with van der Waals surface area (Å²) in [5, 5.41) is 0. The first-order valence-corrected chi connectivity index (χ1v) is 6.33. The Balaban J connectivity index is 0.000000265. The minimum atomic E-state index is -0.589. The molecule has 0 aliphatic carbocycles. The maximum absolute atomic E-state index is 4.99. The van der Waals surface area contributed by atoms with Crippen LogP contribution < -0.4 is 0 Å². The van der Waals surface area contributed by atoms with Gasteiger partial charge in [-0.15, -0.1) is 0 Å². The predicted molar refractivity (Wildman–Crippen MR) is 68.3 cm³/mol. The van der Waals surface area contributed by atoms with Crippen LogP contribution in [0.1, 0.15) is 19.4 Å². The topological polar surface area (TPSA) is 18.5 Å². The van der Waals surface area contributed by atoms with Gasteiger partial charge in [-0.3, -0.25) is 0 Å². The molecule has 3 heteroatoms. The number of hydrogen-bond acceptors (Lipinski definition) is 2. The minimum Gasteiger partial charge on any atom is -0.399 e. The van der Waals surface area contributed by atoms with E-state index in [1.54, 1.807) is 0 Å². The monoisotopic (exact) mass is 224 g/mol. The van der Waals surface area contributed by atoms with Gasteiger partial charge in [0.2, 0.25) is 0 Å². The van der Waals surface area contributed by atoms with Gasteiger partial charge in [0.15, 0.2) is 0 Å². The summed E-state index contributed by atoms with van der Waals surface area (Å²) < 4.78 is 9.98. The van der Waals surface area contributed by atoms with Gasteiger partial charge in [0.05, 0.1) is 0 Å². The molecule has 0 amide bonds. The molecule has 15 heavy (non-hydrogen) atoms. The van der Waals surface area contributed by atoms with Crippen molar-refractivity contribution in [2.45, 2.75) is 13.8 Å². The standard InChI is InChI=1S/C8H8.C4H12O2Si/c1-2-8-6-4-3-5-7-8;1-3-5-7-6-4-2/h2-7H,1H2;3-4,7H2,1-2H3. The Kier molecular flexibility index (Phi) is 10.5. The van der Waals surface area contributed by atoms with E-state index >= 15 is 0 Å². The summed E-state index contributed by atoms with van der Waals surface area (Å²) >= 11 is 0. The fourth-order valence-corrected chi connectivity index (χ4v) is 1.27. The van der Waals surface area contributed by atoms with Gasteiger partial charge in [-0.1, -0.05) is 43.0 Å². The molecule has 1 aromatic rings. The van der Waals surface area contributed by atoms with Crippen LogP contribution in [0.4, 0.5) is 0 Å². The zero-order chi connectivity index (χ0) is 11.4. The molecular formula is C12H20O2Si. The Morgan fingerprint density at radius 1 is 1.13 bits per heavy atom. The lowest BCUT2D eigenvalue weighted by atomic mass is 10.2. The summed E-state index contributed by atoms with van der Waals surface area (Å²) in [6.07, 6.45) is 1.83. The van der Waals surface area contributed by atoms with Crippen molar-refractivity contribution in [3.8, 4) is 0 Å². The van der Waals surface area contributed by atoms with Gasteiger partial charge < -0.3 is 8.85 Å². The molecule has 0 heterocycles. The summed E-state index contributed by atoms with van der Waals surface area (Å²) in [4.78, 5) is 0. The summed E-state index contributed by atoms with van der Waals surface area (Å²) in [7, 11) is -0.589. The first-order chi connectivity index (χ1) is 7.35. The van der Waals surface area contributed by atoms with Crippen molar-refractivity contribution in [3.63, 3.8) is 0 Å². The molecule has 1 aromatic carbocycles. The Bertz CT molecular complexity index is 233. The average Bonchev–Trinajstić information content (AvgIpc) is 2.32. The molecular weight excluding hydrogens is 204 g/mol. The van der Waals surface area contributed by atoms with Gasteiger partial charge in [0.1, 0.15) is 0 Å². The fourth-order valence-electron chi connectivity index (χ4n) is 0.815. The molecule has 0 N–H and O–H groups in total. The normalized spacial score (nSPS) is 8.93. The molecule has 84 valence electrons. The average molecular weight is 224 g/mol. The Morgan fingerprint density at radius 3 is 2.00 bits per heavy atom. The maximum Gasteiger partial charge on any atom is 0.304 e. The molecule has 0 aromatic heterocycles. The Morgan fingerprint density at radius 2 is 1.67 bits per heavy atom. The van der Waals surface area contributed by atoms with Crippen LogP contribution in [-0.2, 0) is 8.85 Å². The molecule has 0 saturated carbocycles. The highest BCUT2D eigenvalue weighted by molar-refractivity contribution is 6.17. The molecule has 0 spiro atoms. The quantitative estimate of drug-likeness (QED) is 0.565. The van der Waals surface area contributed by atoms with Gasteiger partial charge in [0.25, 0.3) is 0 Å². The molecule has 1 rings (SSSR count). The van der Waals surface area contributed by atoms with E-state index in [2.05, 4.69) is 6.58 Å². The van der Waals surface area contributed by atoms with Gasteiger partial charge in [-0.2, -0.15) is 0 Å². The van der Waals surface area contributed by atoms with Gasteiger partial charge in [-0.25, -0.2) is 0 Å². The van der Waals surface area contributed by atoms with Crippen LogP contribution in [0, 0.1) is 0 Å². The van der Waals surface area contributed by atoms with Crippen molar-refractivity contribution >= 4 is 16.1 Å². The number of rotatable bonds is 5. The third kappa shape index (κ3) is 9.40. The zero-order valence-corrected chi connectivity index (χ0v) is 11.0. The van der Waals surface area contributed by atoms with E-state index in [4.69, 9.17) is 8.85 Å². The fraction of sp³-hybridized carbons (Fsp3) is 0.333. The molecule has 0 fully saturated rings. The van der Waals surface area contributed by atoms with E-state index in [1.807, 2.05) is 50.3 Å². The van der Waals surface area contributed by atoms with Crippen LogP contribution in [0.5, 0.6) is 0 Å². The summed E-state index contributed by atoms with van der Waals surface area (Å²) in [6, 6.07) is 10.0. The zero-order valence-electron chi connectivity index (χ0n) is 9.61. The first kappa shape index (κ1) is 14.1. The van der Waals surface area contributed by atoms with Crippen molar-refractivity contribution in [3.05, 3.63) is 42.5 Å². The van der Waals surface area contributed by atoms with Crippen LogP contribution in [0.3, 0.4) is 0 Å². The minimum absolute atomic E-state index is 0.589. The van der Waals surface area contributed by atoms with Crippen LogP contribution in [-0.4, -0.2) is 23.2 Å². The van der Waals surface area contributed by atoms with Gasteiger partial charge >= 0.3 is 10.0 Å². The van der Waals surface area contributed by atoms with Gasteiger partial charge in [0, 0.05) is 13.2 Å². The molecule has 0 radical (unpaired) electrons. The summed E-state index contributed by atoms with van der Waals surface area (Å²) in [5.41, 5.74) is 1.17. The van der Waals surface area contributed by atoms with Crippen LogP contribution in [0.2, 0.25) is 0 Å². The third-order valence-corrected chi connectivity index (χ3v) is 2.76. The molecule has 0 atom stereocenters. The summed E-state index contributed by atoms with van der Waals surface area (Å²) in [5.74, 6) is 0. The Hall–Kier alpha value is -0.903. The highest BCUT2D eigenvalue weighted by Gasteiger charge is 1.79. The van der Waals surface area contributed by atoms with Crippen molar-refractivity contribution < 1.29 is 8.85 Å². The molecule has 0 aliphatic heterocycles. The summed E-state index contributed by atoms with van der Waals surface area (Å²) in [6.45, 7) is 9.18. The van der Waals surface area contributed by atoms with Crippen molar-refractivity contribution in [1.29, 1.82) is 0 Å². The molecule has 0 aliphatic rings. The lowest BCUT2D eigenvalue weighted by molar-refractivity contribution is 0.240. The van der Waals surface area contributed by atoms with E-state index in [0.717, 1.165) is 13.2 Å². The largest absolute Gasteiger partial charge is 0.399 e. The van der Waals surface area contributed by atoms with Crippen LogP contribution >= 0.6 is 0 Å². The predicted octanol–water partition coefficient (Wildman–Crippen LogP) is 2.39. The number of benzene rings is 1. The molecule has 0 unspecified atom stereocenters. The second-order valence-corrected chi connectivity index (χ2v) is 3.77.